The van der Waals surface area contributed by atoms with E-state index in [0.717, 1.165) is 33.6 Å². The van der Waals surface area contributed by atoms with Crippen molar-refractivity contribution < 1.29 is 0 Å². The van der Waals surface area contributed by atoms with Gasteiger partial charge in [0.05, 0.1) is 16.8 Å². The summed E-state index contributed by atoms with van der Waals surface area (Å²) in [5, 5.41) is 5.07. The van der Waals surface area contributed by atoms with Gasteiger partial charge in [0, 0.05) is 16.7 Å². The van der Waals surface area contributed by atoms with Crippen LogP contribution in [0.2, 0.25) is 0 Å². The van der Waals surface area contributed by atoms with E-state index in [4.69, 9.17) is 9.97 Å². The monoisotopic (exact) mass is 798 g/mol. The lowest BCUT2D eigenvalue weighted by Gasteiger charge is -2.31. The van der Waals surface area contributed by atoms with Gasteiger partial charge in [0.2, 0.25) is 0 Å². The zero-order chi connectivity index (χ0) is 41.5. The molecular formula is C61H38N2. The van der Waals surface area contributed by atoms with E-state index in [1.54, 1.807) is 0 Å². The molecule has 0 unspecified atom stereocenters. The third-order valence-corrected chi connectivity index (χ3v) is 13.5. The molecule has 0 atom stereocenters. The largest absolute Gasteiger partial charge is 0.228 e. The van der Waals surface area contributed by atoms with Gasteiger partial charge in [-0.15, -0.1) is 0 Å². The fourth-order valence-electron chi connectivity index (χ4n) is 10.6. The van der Waals surface area contributed by atoms with E-state index in [-0.39, 0.29) is 0 Å². The second-order valence-electron chi connectivity index (χ2n) is 16.9. The van der Waals surface area contributed by atoms with Gasteiger partial charge in [-0.3, -0.25) is 0 Å². The first kappa shape index (κ1) is 35.5. The molecule has 2 heteroatoms. The molecule has 2 nitrogen and oxygen atoms in total. The molecule has 11 aromatic rings. The normalized spacial score (nSPS) is 12.9. The molecule has 0 saturated heterocycles. The average molecular weight is 799 g/mol. The zero-order valence-electron chi connectivity index (χ0n) is 34.3. The van der Waals surface area contributed by atoms with E-state index in [9.17, 15) is 0 Å². The van der Waals surface area contributed by atoms with Gasteiger partial charge >= 0.3 is 0 Å². The Balaban J connectivity index is 0.917. The summed E-state index contributed by atoms with van der Waals surface area (Å²) >= 11 is 0. The fourth-order valence-corrected chi connectivity index (χ4v) is 10.6. The highest BCUT2D eigenvalue weighted by Gasteiger charge is 2.52. The van der Waals surface area contributed by atoms with E-state index in [1.165, 1.54) is 82.7 Å². The minimum absolute atomic E-state index is 0.427. The van der Waals surface area contributed by atoms with Gasteiger partial charge in [0.25, 0.3) is 0 Å². The summed E-state index contributed by atoms with van der Waals surface area (Å²) in [4.78, 5) is 10.2. The highest BCUT2D eigenvalue weighted by molar-refractivity contribution is 6.07. The molecule has 0 aliphatic heterocycles. The van der Waals surface area contributed by atoms with Crippen LogP contribution in [0.1, 0.15) is 22.3 Å². The standard InChI is InChI=1S/C61H38N2/c1-3-13-39(14-4-1)40-23-27-42(28-24-40)57-38-58(63-60(62-57)44-15-5-2-6-16-44)43-29-25-41(26-30-43)47-31-33-49-48(35-47)32-34-52-53-36-45-17-7-8-18-46(45)37-56(53)61(59(49)52)54-21-11-9-19-50(54)51-20-10-12-22-55(51)61/h1-38H. The van der Waals surface area contributed by atoms with Crippen LogP contribution < -0.4 is 0 Å². The van der Waals surface area contributed by atoms with Gasteiger partial charge in [0.15, 0.2) is 5.82 Å². The van der Waals surface area contributed by atoms with Gasteiger partial charge in [-0.1, -0.05) is 206 Å². The molecule has 10 aromatic carbocycles. The predicted octanol–water partition coefficient (Wildman–Crippen LogP) is 15.5. The Morgan fingerprint density at radius 1 is 0.270 bits per heavy atom. The average Bonchev–Trinajstić information content (AvgIpc) is 3.83. The molecule has 0 amide bonds. The van der Waals surface area contributed by atoms with Crippen LogP contribution in [0.3, 0.4) is 0 Å². The van der Waals surface area contributed by atoms with Crippen molar-refractivity contribution in [3.05, 3.63) is 253 Å². The molecule has 292 valence electrons. The molecule has 1 heterocycles. The Kier molecular flexibility index (Phi) is 7.85. The third kappa shape index (κ3) is 5.45. The van der Waals surface area contributed by atoms with E-state index < -0.39 is 5.41 Å². The van der Waals surface area contributed by atoms with Crippen molar-refractivity contribution >= 4 is 21.5 Å². The van der Waals surface area contributed by atoms with E-state index >= 15 is 0 Å². The lowest BCUT2D eigenvalue weighted by Crippen LogP contribution is -2.26. The Morgan fingerprint density at radius 2 is 0.762 bits per heavy atom. The second-order valence-corrected chi connectivity index (χ2v) is 16.9. The molecule has 13 rings (SSSR count). The van der Waals surface area contributed by atoms with Crippen molar-refractivity contribution in [2.75, 3.05) is 0 Å². The summed E-state index contributed by atoms with van der Waals surface area (Å²) < 4.78 is 0. The van der Waals surface area contributed by atoms with Crippen LogP contribution in [0, 0.1) is 0 Å². The molecule has 0 N–H and O–H groups in total. The second kappa shape index (κ2) is 13.9. The maximum Gasteiger partial charge on any atom is 0.160 e. The van der Waals surface area contributed by atoms with Crippen LogP contribution in [-0.2, 0) is 5.41 Å². The van der Waals surface area contributed by atoms with Gasteiger partial charge in [0.1, 0.15) is 0 Å². The number of fused-ring (bicyclic) bond motifs is 13. The Hall–Kier alpha value is -8.20. The molecule has 0 bridgehead atoms. The highest BCUT2D eigenvalue weighted by atomic mass is 14.9. The van der Waals surface area contributed by atoms with Crippen molar-refractivity contribution in [3.63, 3.8) is 0 Å². The SMILES string of the molecule is c1ccc(-c2ccc(-c3cc(-c4ccc(-c5ccc6c7c(ccc6c5)-c5cc6ccccc6cc5C75c6ccccc6-c6ccccc65)cc4)nc(-c4ccccc4)n3)cc2)cc1. The highest BCUT2D eigenvalue weighted by Crippen LogP contribution is 2.64. The van der Waals surface area contributed by atoms with Crippen LogP contribution in [-0.4, -0.2) is 9.97 Å². The summed E-state index contributed by atoms with van der Waals surface area (Å²) in [6.45, 7) is 0. The van der Waals surface area contributed by atoms with Crippen LogP contribution >= 0.6 is 0 Å². The number of benzene rings is 10. The molecule has 2 aliphatic rings. The maximum atomic E-state index is 5.13. The number of nitrogens with zero attached hydrogens (tertiary/aromatic N) is 2. The quantitative estimate of drug-likeness (QED) is 0.173. The van der Waals surface area contributed by atoms with E-state index in [1.807, 2.05) is 24.3 Å². The van der Waals surface area contributed by atoms with Crippen molar-refractivity contribution in [2.24, 2.45) is 0 Å². The van der Waals surface area contributed by atoms with Crippen molar-refractivity contribution in [3.8, 4) is 78.4 Å². The molecule has 0 radical (unpaired) electrons. The van der Waals surface area contributed by atoms with E-state index in [0.29, 0.717) is 5.82 Å². The number of rotatable bonds is 5. The molecule has 63 heavy (non-hydrogen) atoms. The number of hydrogen-bond acceptors (Lipinski definition) is 2. The lowest BCUT2D eigenvalue weighted by molar-refractivity contribution is 0.802. The molecule has 2 aliphatic carbocycles. The smallest absolute Gasteiger partial charge is 0.160 e. The summed E-state index contributed by atoms with van der Waals surface area (Å²) in [5.74, 6) is 0.710. The molecule has 0 saturated carbocycles. The Labute approximate surface area is 366 Å². The minimum Gasteiger partial charge on any atom is -0.228 e. The Morgan fingerprint density at radius 3 is 1.40 bits per heavy atom. The first-order valence-electron chi connectivity index (χ1n) is 21.7. The fraction of sp³-hybridized carbons (Fsp3) is 0.0164. The van der Waals surface area contributed by atoms with Crippen molar-refractivity contribution in [1.82, 2.24) is 9.97 Å². The van der Waals surface area contributed by atoms with Crippen LogP contribution in [0.5, 0.6) is 0 Å². The topological polar surface area (TPSA) is 25.8 Å². The van der Waals surface area contributed by atoms with Crippen LogP contribution in [0.15, 0.2) is 231 Å². The molecule has 1 aromatic heterocycles. The number of hydrogen-bond donors (Lipinski definition) is 0. The minimum atomic E-state index is -0.427. The summed E-state index contributed by atoms with van der Waals surface area (Å²) in [6, 6.07) is 84.0. The maximum absolute atomic E-state index is 5.13. The van der Waals surface area contributed by atoms with Gasteiger partial charge in [-0.25, -0.2) is 9.97 Å². The predicted molar refractivity (Wildman–Crippen MR) is 261 cm³/mol. The summed E-state index contributed by atoms with van der Waals surface area (Å²) in [7, 11) is 0. The van der Waals surface area contributed by atoms with Crippen molar-refractivity contribution in [2.45, 2.75) is 5.41 Å². The van der Waals surface area contributed by atoms with Gasteiger partial charge in [-0.05, 0) is 113 Å². The first-order chi connectivity index (χ1) is 31.2. The third-order valence-electron chi connectivity index (χ3n) is 13.5. The van der Waals surface area contributed by atoms with Gasteiger partial charge in [-0.2, -0.15) is 0 Å². The summed E-state index contributed by atoms with van der Waals surface area (Å²) in [5.41, 5.74) is 19.9. The van der Waals surface area contributed by atoms with Crippen LogP contribution in [0.4, 0.5) is 0 Å². The number of aromatic nitrogens is 2. The first-order valence-corrected chi connectivity index (χ1v) is 21.7. The van der Waals surface area contributed by atoms with Crippen molar-refractivity contribution in [1.29, 1.82) is 0 Å². The summed E-state index contributed by atoms with van der Waals surface area (Å²) in [6.07, 6.45) is 0. The molecule has 0 fully saturated rings. The van der Waals surface area contributed by atoms with Gasteiger partial charge < -0.3 is 0 Å². The lowest BCUT2D eigenvalue weighted by atomic mass is 9.69. The molecule has 1 spiro atoms. The van der Waals surface area contributed by atoms with Crippen LogP contribution in [0.25, 0.3) is 100.0 Å². The zero-order valence-corrected chi connectivity index (χ0v) is 34.3. The molecular weight excluding hydrogens is 761 g/mol. The Bertz CT molecular complexity index is 3540. The van der Waals surface area contributed by atoms with E-state index in [2.05, 4.69) is 206 Å².